The predicted molar refractivity (Wildman–Crippen MR) is 72.5 cm³/mol. The van der Waals surface area contributed by atoms with Crippen LogP contribution in [0.4, 0.5) is 0 Å². The zero-order valence-corrected chi connectivity index (χ0v) is 11.6. The van der Waals surface area contributed by atoms with Gasteiger partial charge in [-0.2, -0.15) is 0 Å². The van der Waals surface area contributed by atoms with Gasteiger partial charge < -0.3 is 21.2 Å². The third-order valence-electron chi connectivity index (χ3n) is 3.09. The van der Waals surface area contributed by atoms with Gasteiger partial charge in [-0.05, 0) is 53.2 Å². The molecule has 0 aliphatic heterocycles. The van der Waals surface area contributed by atoms with Crippen molar-refractivity contribution in [1.29, 1.82) is 0 Å². The Morgan fingerprint density at radius 1 is 1.41 bits per heavy atom. The Kier molecular flexibility index (Phi) is 8.80. The minimum Gasteiger partial charge on any atom is -0.409 e. The van der Waals surface area contributed by atoms with Crippen LogP contribution in [0.15, 0.2) is 5.16 Å². The van der Waals surface area contributed by atoms with Crippen molar-refractivity contribution in [3.05, 3.63) is 0 Å². The Morgan fingerprint density at radius 2 is 2.06 bits per heavy atom. The Bertz CT molecular complexity index is 219. The number of nitrogens with one attached hydrogen (secondary N) is 1. The van der Waals surface area contributed by atoms with Crippen LogP contribution in [0, 0.1) is 0 Å². The van der Waals surface area contributed by atoms with Crippen molar-refractivity contribution >= 4 is 5.84 Å². The number of hydrogen-bond acceptors (Lipinski definition) is 4. The topological polar surface area (TPSA) is 73.9 Å². The normalized spacial score (nSPS) is 14.6. The van der Waals surface area contributed by atoms with Gasteiger partial charge in [-0.1, -0.05) is 12.1 Å². The highest BCUT2D eigenvalue weighted by Gasteiger charge is 2.10. The van der Waals surface area contributed by atoms with Crippen molar-refractivity contribution < 1.29 is 5.21 Å². The molecule has 0 rings (SSSR count). The number of oxime groups is 1. The molecule has 1 atom stereocenters. The van der Waals surface area contributed by atoms with E-state index in [-0.39, 0.29) is 11.9 Å². The van der Waals surface area contributed by atoms with E-state index in [4.69, 9.17) is 10.9 Å². The van der Waals surface area contributed by atoms with Crippen LogP contribution in [-0.2, 0) is 0 Å². The van der Waals surface area contributed by atoms with Crippen LogP contribution in [0.1, 0.15) is 40.0 Å². The smallest absolute Gasteiger partial charge is 0.156 e. The maximum Gasteiger partial charge on any atom is 0.156 e. The van der Waals surface area contributed by atoms with E-state index in [1.54, 1.807) is 0 Å². The number of amidine groups is 1. The fourth-order valence-electron chi connectivity index (χ4n) is 1.55. The molecule has 0 spiro atoms. The summed E-state index contributed by atoms with van der Waals surface area (Å²) in [6.07, 6.45) is 3.10. The summed E-state index contributed by atoms with van der Waals surface area (Å²) in [5, 5.41) is 14.9. The lowest BCUT2D eigenvalue weighted by molar-refractivity contribution is 0.267. The highest BCUT2D eigenvalue weighted by Crippen LogP contribution is 1.98. The first-order valence-corrected chi connectivity index (χ1v) is 6.43. The monoisotopic (exact) mass is 244 g/mol. The largest absolute Gasteiger partial charge is 0.409 e. The molecular weight excluding hydrogens is 216 g/mol. The summed E-state index contributed by atoms with van der Waals surface area (Å²) >= 11 is 0. The van der Waals surface area contributed by atoms with E-state index in [9.17, 15) is 0 Å². The molecule has 0 radical (unpaired) electrons. The average molecular weight is 244 g/mol. The maximum atomic E-state index is 8.59. The summed E-state index contributed by atoms with van der Waals surface area (Å²) in [6.45, 7) is 8.43. The molecule has 0 aromatic heterocycles. The van der Waals surface area contributed by atoms with Crippen LogP contribution in [0.5, 0.6) is 0 Å². The fourth-order valence-corrected chi connectivity index (χ4v) is 1.55. The Labute approximate surface area is 105 Å². The van der Waals surface area contributed by atoms with Crippen molar-refractivity contribution in [2.24, 2.45) is 10.9 Å². The summed E-state index contributed by atoms with van der Waals surface area (Å²) in [7, 11) is 2.14. The molecule has 0 amide bonds. The number of nitrogens with zero attached hydrogens (tertiary/aromatic N) is 2. The van der Waals surface area contributed by atoms with Crippen LogP contribution in [0.25, 0.3) is 0 Å². The second-order valence-electron chi connectivity index (χ2n) is 4.72. The first kappa shape index (κ1) is 16.2. The number of hydrogen-bond donors (Lipinski definition) is 3. The summed E-state index contributed by atoms with van der Waals surface area (Å²) in [5.74, 6) is 0.270. The Balaban J connectivity index is 3.63. The van der Waals surface area contributed by atoms with E-state index in [0.29, 0.717) is 6.04 Å². The van der Waals surface area contributed by atoms with Crippen molar-refractivity contribution in [1.82, 2.24) is 10.2 Å². The van der Waals surface area contributed by atoms with Gasteiger partial charge in [-0.25, -0.2) is 0 Å². The third kappa shape index (κ3) is 7.18. The van der Waals surface area contributed by atoms with Gasteiger partial charge >= 0.3 is 0 Å². The molecule has 4 N–H and O–H groups in total. The summed E-state index contributed by atoms with van der Waals surface area (Å²) in [4.78, 5) is 2.33. The van der Waals surface area contributed by atoms with Crippen molar-refractivity contribution in [2.75, 3.05) is 20.1 Å². The minimum absolute atomic E-state index is 0.0113. The molecular formula is C12H28N4O. The van der Waals surface area contributed by atoms with E-state index in [1.165, 1.54) is 0 Å². The van der Waals surface area contributed by atoms with Crippen molar-refractivity contribution in [3.8, 4) is 0 Å². The second-order valence-corrected chi connectivity index (χ2v) is 4.72. The van der Waals surface area contributed by atoms with Crippen LogP contribution < -0.4 is 11.1 Å². The van der Waals surface area contributed by atoms with Crippen LogP contribution in [0.2, 0.25) is 0 Å². The summed E-state index contributed by atoms with van der Waals surface area (Å²) in [6, 6.07) is 0.589. The first-order chi connectivity index (χ1) is 8.02. The molecule has 17 heavy (non-hydrogen) atoms. The molecule has 0 aromatic carbocycles. The predicted octanol–water partition coefficient (Wildman–Crippen LogP) is 1.22. The van der Waals surface area contributed by atoms with Crippen molar-refractivity contribution in [2.45, 2.75) is 52.1 Å². The number of unbranched alkanes of at least 4 members (excludes halogenated alkanes) is 1. The van der Waals surface area contributed by atoms with Gasteiger partial charge in [-0.3, -0.25) is 0 Å². The van der Waals surface area contributed by atoms with E-state index in [1.807, 2.05) is 6.92 Å². The van der Waals surface area contributed by atoms with Gasteiger partial charge in [0.1, 0.15) is 0 Å². The van der Waals surface area contributed by atoms with Crippen LogP contribution in [-0.4, -0.2) is 48.2 Å². The standard InChI is InChI=1S/C12H28N4O/c1-5-11(12(13)15-17)14-8-6-7-9-16(4)10(2)3/h10-11,14,17H,5-9H2,1-4H3,(H2,13,15). The molecule has 0 heterocycles. The molecule has 0 aliphatic rings. The van der Waals surface area contributed by atoms with Gasteiger partial charge in [0.2, 0.25) is 0 Å². The van der Waals surface area contributed by atoms with Gasteiger partial charge in [0, 0.05) is 6.04 Å². The quantitative estimate of drug-likeness (QED) is 0.187. The van der Waals surface area contributed by atoms with E-state index >= 15 is 0 Å². The molecule has 0 fully saturated rings. The van der Waals surface area contributed by atoms with Gasteiger partial charge in [0.05, 0.1) is 6.04 Å². The molecule has 5 heteroatoms. The molecule has 5 nitrogen and oxygen atoms in total. The molecule has 0 aliphatic carbocycles. The zero-order valence-electron chi connectivity index (χ0n) is 11.6. The van der Waals surface area contributed by atoms with Gasteiger partial charge in [0.15, 0.2) is 5.84 Å². The minimum atomic E-state index is -0.0113. The van der Waals surface area contributed by atoms with Crippen LogP contribution in [0.3, 0.4) is 0 Å². The van der Waals surface area contributed by atoms with Crippen molar-refractivity contribution in [3.63, 3.8) is 0 Å². The highest BCUT2D eigenvalue weighted by molar-refractivity contribution is 5.85. The molecule has 0 bridgehead atoms. The fraction of sp³-hybridized carbons (Fsp3) is 0.917. The Hall–Kier alpha value is -0.810. The van der Waals surface area contributed by atoms with Crippen LogP contribution >= 0.6 is 0 Å². The lowest BCUT2D eigenvalue weighted by Gasteiger charge is -2.21. The molecule has 1 unspecified atom stereocenters. The maximum absolute atomic E-state index is 8.59. The van der Waals surface area contributed by atoms with E-state index in [2.05, 4.69) is 36.3 Å². The molecule has 102 valence electrons. The molecule has 0 saturated heterocycles. The Morgan fingerprint density at radius 3 is 2.53 bits per heavy atom. The first-order valence-electron chi connectivity index (χ1n) is 6.43. The zero-order chi connectivity index (χ0) is 13.3. The molecule has 0 aromatic rings. The second kappa shape index (κ2) is 9.24. The van der Waals surface area contributed by atoms with E-state index in [0.717, 1.165) is 32.4 Å². The SMILES string of the molecule is CCC(NCCCCN(C)C(C)C)C(N)=NO. The lowest BCUT2D eigenvalue weighted by Crippen LogP contribution is -2.41. The lowest BCUT2D eigenvalue weighted by atomic mass is 10.2. The highest BCUT2D eigenvalue weighted by atomic mass is 16.4. The third-order valence-corrected chi connectivity index (χ3v) is 3.09. The van der Waals surface area contributed by atoms with Gasteiger partial charge in [0.25, 0.3) is 0 Å². The molecule has 0 saturated carbocycles. The van der Waals surface area contributed by atoms with E-state index < -0.39 is 0 Å². The summed E-state index contributed by atoms with van der Waals surface area (Å²) < 4.78 is 0. The number of rotatable bonds is 9. The average Bonchev–Trinajstić information content (AvgIpc) is 2.32. The summed E-state index contributed by atoms with van der Waals surface area (Å²) in [5.41, 5.74) is 5.56. The number of nitrogens with two attached hydrogens (primary N) is 1. The van der Waals surface area contributed by atoms with Gasteiger partial charge in [-0.15, -0.1) is 0 Å².